The Balaban J connectivity index is 1.91. The number of allylic oxidation sites excluding steroid dienone is 1. The first-order chi connectivity index (χ1) is 15.4. The van der Waals surface area contributed by atoms with Crippen LogP contribution in [0.4, 0.5) is 0 Å². The summed E-state index contributed by atoms with van der Waals surface area (Å²) in [6.07, 6.45) is 5.27. The van der Waals surface area contributed by atoms with Gasteiger partial charge < -0.3 is 14.5 Å². The quantitative estimate of drug-likeness (QED) is 0.347. The number of ketones is 1. The molecule has 0 spiro atoms. The van der Waals surface area contributed by atoms with Gasteiger partial charge in [-0.25, -0.2) is 0 Å². The highest BCUT2D eigenvalue weighted by Gasteiger charge is 2.13. The first kappa shape index (κ1) is 23.4. The average Bonchev–Trinajstić information content (AvgIpc) is 2.78. The Kier molecular flexibility index (Phi) is 8.31. The maximum absolute atomic E-state index is 13.2. The van der Waals surface area contributed by atoms with Crippen molar-refractivity contribution in [2.24, 2.45) is 0 Å². The van der Waals surface area contributed by atoms with Gasteiger partial charge in [-0.2, -0.15) is 0 Å². The van der Waals surface area contributed by atoms with E-state index in [2.05, 4.69) is 16.0 Å². The fourth-order valence-electron chi connectivity index (χ4n) is 3.32. The SMILES string of the molecule is CN(C)CCOc1ccc(-c2ccccn2)cc1C(=O)C=Cc1ccccc1CN(C)C. The van der Waals surface area contributed by atoms with E-state index in [4.69, 9.17) is 4.74 Å². The van der Waals surface area contributed by atoms with Crippen molar-refractivity contribution in [3.63, 3.8) is 0 Å². The lowest BCUT2D eigenvalue weighted by molar-refractivity contribution is 0.104. The number of likely N-dealkylation sites (N-methyl/N-ethyl adjacent to an activating group) is 1. The molecule has 5 nitrogen and oxygen atoms in total. The Morgan fingerprint density at radius 3 is 2.47 bits per heavy atom. The normalized spacial score (nSPS) is 11.4. The maximum Gasteiger partial charge on any atom is 0.189 e. The molecule has 0 saturated heterocycles. The fourth-order valence-corrected chi connectivity index (χ4v) is 3.32. The first-order valence-electron chi connectivity index (χ1n) is 10.7. The van der Waals surface area contributed by atoms with Gasteiger partial charge in [-0.1, -0.05) is 36.4 Å². The summed E-state index contributed by atoms with van der Waals surface area (Å²) in [7, 11) is 8.05. The molecule has 0 unspecified atom stereocenters. The Hall–Kier alpha value is -3.28. The van der Waals surface area contributed by atoms with Gasteiger partial charge in [-0.05, 0) is 75.7 Å². The van der Waals surface area contributed by atoms with Crippen molar-refractivity contribution in [3.8, 4) is 17.0 Å². The average molecular weight is 430 g/mol. The van der Waals surface area contributed by atoms with Crippen LogP contribution >= 0.6 is 0 Å². The predicted molar refractivity (Wildman–Crippen MR) is 131 cm³/mol. The molecule has 0 aliphatic rings. The number of rotatable bonds is 10. The minimum atomic E-state index is -0.0951. The molecule has 0 aliphatic heterocycles. The van der Waals surface area contributed by atoms with E-state index in [1.807, 2.05) is 93.8 Å². The van der Waals surface area contributed by atoms with Crippen molar-refractivity contribution in [3.05, 3.63) is 89.6 Å². The van der Waals surface area contributed by atoms with Gasteiger partial charge in [0.25, 0.3) is 0 Å². The lowest BCUT2D eigenvalue weighted by Crippen LogP contribution is -2.20. The van der Waals surface area contributed by atoms with Crippen molar-refractivity contribution in [1.82, 2.24) is 14.8 Å². The first-order valence-corrected chi connectivity index (χ1v) is 10.7. The second kappa shape index (κ2) is 11.4. The predicted octanol–water partition coefficient (Wildman–Crippen LogP) is 4.65. The summed E-state index contributed by atoms with van der Waals surface area (Å²) in [5.74, 6) is 0.491. The molecule has 0 atom stereocenters. The zero-order chi connectivity index (χ0) is 22.9. The standard InChI is InChI=1S/C27H31N3O2/c1-29(2)17-18-32-27-15-13-22(25-11-7-8-16-28-25)19-24(27)26(31)14-12-21-9-5-6-10-23(21)20-30(3)4/h5-16,19H,17-18,20H2,1-4H3. The van der Waals surface area contributed by atoms with E-state index in [-0.39, 0.29) is 5.78 Å². The second-order valence-electron chi connectivity index (χ2n) is 8.21. The zero-order valence-electron chi connectivity index (χ0n) is 19.3. The van der Waals surface area contributed by atoms with E-state index in [0.717, 1.165) is 29.9 Å². The van der Waals surface area contributed by atoms with Gasteiger partial charge in [0.2, 0.25) is 0 Å². The minimum Gasteiger partial charge on any atom is -0.491 e. The lowest BCUT2D eigenvalue weighted by atomic mass is 10.0. The van der Waals surface area contributed by atoms with Gasteiger partial charge in [0.15, 0.2) is 5.78 Å². The maximum atomic E-state index is 13.2. The van der Waals surface area contributed by atoms with Crippen LogP contribution in [0.25, 0.3) is 17.3 Å². The molecule has 1 aromatic heterocycles. The number of nitrogens with zero attached hydrogens (tertiary/aromatic N) is 3. The highest BCUT2D eigenvalue weighted by Crippen LogP contribution is 2.27. The topological polar surface area (TPSA) is 45.7 Å². The lowest BCUT2D eigenvalue weighted by Gasteiger charge is -2.14. The van der Waals surface area contributed by atoms with Crippen molar-refractivity contribution in [2.75, 3.05) is 41.3 Å². The molecular formula is C27H31N3O2. The summed E-state index contributed by atoms with van der Waals surface area (Å²) < 4.78 is 5.96. The molecule has 0 fully saturated rings. The van der Waals surface area contributed by atoms with Crippen LogP contribution in [0.5, 0.6) is 5.75 Å². The molecule has 3 rings (SSSR count). The number of carbonyl (C=O) groups excluding carboxylic acids is 1. The van der Waals surface area contributed by atoms with E-state index in [9.17, 15) is 4.79 Å². The number of hydrogen-bond donors (Lipinski definition) is 0. The molecule has 3 aromatic rings. The Bertz CT molecular complexity index is 1060. The summed E-state index contributed by atoms with van der Waals surface area (Å²) in [4.78, 5) is 21.8. The fraction of sp³-hybridized carbons (Fsp3) is 0.259. The molecule has 0 N–H and O–H groups in total. The Morgan fingerprint density at radius 2 is 1.75 bits per heavy atom. The van der Waals surface area contributed by atoms with Crippen LogP contribution < -0.4 is 4.74 Å². The van der Waals surface area contributed by atoms with E-state index in [0.29, 0.717) is 17.9 Å². The highest BCUT2D eigenvalue weighted by atomic mass is 16.5. The third-order valence-corrected chi connectivity index (χ3v) is 4.96. The summed E-state index contributed by atoms with van der Waals surface area (Å²) in [6.45, 7) is 2.08. The van der Waals surface area contributed by atoms with E-state index in [1.54, 1.807) is 12.3 Å². The molecule has 0 radical (unpaired) electrons. The molecule has 5 heteroatoms. The largest absolute Gasteiger partial charge is 0.491 e. The van der Waals surface area contributed by atoms with Gasteiger partial charge >= 0.3 is 0 Å². The van der Waals surface area contributed by atoms with Crippen LogP contribution in [0, 0.1) is 0 Å². The number of pyridine rings is 1. The molecule has 2 aromatic carbocycles. The summed E-state index contributed by atoms with van der Waals surface area (Å²) >= 11 is 0. The number of hydrogen-bond acceptors (Lipinski definition) is 5. The molecule has 0 amide bonds. The minimum absolute atomic E-state index is 0.0951. The monoisotopic (exact) mass is 429 g/mol. The molecule has 1 heterocycles. The van der Waals surface area contributed by atoms with Gasteiger partial charge in [-0.15, -0.1) is 0 Å². The van der Waals surface area contributed by atoms with E-state index in [1.165, 1.54) is 5.56 Å². The molecule has 32 heavy (non-hydrogen) atoms. The molecule has 166 valence electrons. The summed E-state index contributed by atoms with van der Waals surface area (Å²) in [5, 5.41) is 0. The van der Waals surface area contributed by atoms with Crippen molar-refractivity contribution in [2.45, 2.75) is 6.54 Å². The van der Waals surface area contributed by atoms with E-state index >= 15 is 0 Å². The number of ether oxygens (including phenoxy) is 1. The molecule has 0 aliphatic carbocycles. The van der Waals surface area contributed by atoms with Gasteiger partial charge in [0, 0.05) is 24.8 Å². The second-order valence-corrected chi connectivity index (χ2v) is 8.21. The van der Waals surface area contributed by atoms with Crippen molar-refractivity contribution in [1.29, 1.82) is 0 Å². The Labute approximate surface area is 191 Å². The van der Waals surface area contributed by atoms with Crippen LogP contribution in [0.3, 0.4) is 0 Å². The smallest absolute Gasteiger partial charge is 0.189 e. The third-order valence-electron chi connectivity index (χ3n) is 4.96. The van der Waals surface area contributed by atoms with Crippen LogP contribution in [-0.4, -0.2) is 61.9 Å². The van der Waals surface area contributed by atoms with Crippen LogP contribution in [0.2, 0.25) is 0 Å². The number of aromatic nitrogens is 1. The van der Waals surface area contributed by atoms with Gasteiger partial charge in [0.05, 0.1) is 11.3 Å². The van der Waals surface area contributed by atoms with Crippen LogP contribution in [0.1, 0.15) is 21.5 Å². The Morgan fingerprint density at radius 1 is 0.969 bits per heavy atom. The highest BCUT2D eigenvalue weighted by molar-refractivity contribution is 6.09. The molecule has 0 saturated carbocycles. The third kappa shape index (κ3) is 6.61. The van der Waals surface area contributed by atoms with Crippen LogP contribution in [0.15, 0.2) is 72.9 Å². The van der Waals surface area contributed by atoms with Crippen molar-refractivity contribution >= 4 is 11.9 Å². The van der Waals surface area contributed by atoms with Crippen LogP contribution in [-0.2, 0) is 6.54 Å². The van der Waals surface area contributed by atoms with Gasteiger partial charge in [0.1, 0.15) is 12.4 Å². The molecule has 0 bridgehead atoms. The zero-order valence-corrected chi connectivity index (χ0v) is 19.3. The summed E-state index contributed by atoms with van der Waals surface area (Å²) in [5.41, 5.74) is 4.45. The molecular weight excluding hydrogens is 398 g/mol. The van der Waals surface area contributed by atoms with Gasteiger partial charge in [-0.3, -0.25) is 9.78 Å². The number of carbonyl (C=O) groups is 1. The van der Waals surface area contributed by atoms with E-state index < -0.39 is 0 Å². The number of benzene rings is 2. The van der Waals surface area contributed by atoms with Crippen molar-refractivity contribution < 1.29 is 9.53 Å². The summed E-state index contributed by atoms with van der Waals surface area (Å²) in [6, 6.07) is 19.5.